The number of H-pyrrole nitrogens is 1. The average molecular weight is 387 g/mol. The Hall–Kier alpha value is -2.11. The lowest BCUT2D eigenvalue weighted by Crippen LogP contribution is -2.33. The van der Waals surface area contributed by atoms with Gasteiger partial charge in [0.05, 0.1) is 18.8 Å². The van der Waals surface area contributed by atoms with E-state index in [2.05, 4.69) is 15.3 Å². The number of hydrogen-bond donors (Lipinski definition) is 3. The van der Waals surface area contributed by atoms with Gasteiger partial charge in [0.15, 0.2) is 5.44 Å². The molecule has 3 N–H and O–H groups in total. The van der Waals surface area contributed by atoms with Crippen LogP contribution in [0.2, 0.25) is 0 Å². The summed E-state index contributed by atoms with van der Waals surface area (Å²) in [6.07, 6.45) is 1.34. The van der Waals surface area contributed by atoms with E-state index < -0.39 is 36.6 Å². The lowest BCUT2D eigenvalue weighted by molar-refractivity contribution is -0.0384. The zero-order valence-electron chi connectivity index (χ0n) is 14.0. The molecule has 0 radical (unpaired) electrons. The first-order valence-electron chi connectivity index (χ1n) is 7.65. The monoisotopic (exact) mass is 387 g/mol. The van der Waals surface area contributed by atoms with Gasteiger partial charge in [-0.2, -0.15) is 0 Å². The van der Waals surface area contributed by atoms with E-state index >= 15 is 0 Å². The van der Waals surface area contributed by atoms with Gasteiger partial charge in [-0.25, -0.2) is 9.48 Å². The molecular weight excluding hydrogens is 369 g/mol. The molecule has 0 amide bonds. The van der Waals surface area contributed by atoms with Crippen LogP contribution in [0, 0.1) is 6.92 Å². The molecule has 0 bridgehead atoms. The molecule has 1 aliphatic heterocycles. The van der Waals surface area contributed by atoms with E-state index in [0.29, 0.717) is 12.0 Å². The van der Waals surface area contributed by atoms with Crippen LogP contribution >= 0.6 is 7.60 Å². The van der Waals surface area contributed by atoms with Gasteiger partial charge >= 0.3 is 13.3 Å². The summed E-state index contributed by atoms with van der Waals surface area (Å²) < 4.78 is 25.0. The third-order valence-electron chi connectivity index (χ3n) is 4.13. The molecule has 3 atom stereocenters. The zero-order valence-corrected chi connectivity index (χ0v) is 14.9. The van der Waals surface area contributed by atoms with E-state index in [1.807, 2.05) is 0 Å². The standard InChI is InChI=1S/C13H18N5O7P/c1-7-4-18(13(20)14-12(7)19)11-3-8(24-2)9(25-11)5-17-6-10(15-16-17)26(21,22)23/h4,6,8-9,11H,3,5H2,1-2H3,(H,14,19,20)(H2,21,22,23)/t8-,9-,11-/m1/s1. The van der Waals surface area contributed by atoms with Gasteiger partial charge in [0, 0.05) is 25.3 Å². The van der Waals surface area contributed by atoms with E-state index in [-0.39, 0.29) is 12.6 Å². The third kappa shape index (κ3) is 3.69. The van der Waals surface area contributed by atoms with Gasteiger partial charge in [-0.15, -0.1) is 5.10 Å². The van der Waals surface area contributed by atoms with Gasteiger partial charge in [-0.05, 0) is 6.92 Å². The lowest BCUT2D eigenvalue weighted by Gasteiger charge is -2.17. The van der Waals surface area contributed by atoms with Gasteiger partial charge in [0.2, 0.25) is 0 Å². The second-order valence-corrected chi connectivity index (χ2v) is 7.51. The van der Waals surface area contributed by atoms with Crippen LogP contribution in [0.15, 0.2) is 22.0 Å². The summed E-state index contributed by atoms with van der Waals surface area (Å²) in [6, 6.07) is 0. The van der Waals surface area contributed by atoms with E-state index in [4.69, 9.17) is 19.3 Å². The molecule has 3 rings (SSSR count). The molecule has 2 aromatic heterocycles. The number of aryl methyl sites for hydroxylation is 1. The van der Waals surface area contributed by atoms with E-state index in [1.165, 1.54) is 22.6 Å². The molecule has 1 aliphatic rings. The van der Waals surface area contributed by atoms with Crippen LogP contribution in [0.1, 0.15) is 18.2 Å². The van der Waals surface area contributed by atoms with E-state index in [0.717, 1.165) is 6.20 Å². The molecule has 0 aliphatic carbocycles. The molecule has 0 spiro atoms. The quantitative estimate of drug-likeness (QED) is 0.505. The maximum Gasteiger partial charge on any atom is 0.377 e. The summed E-state index contributed by atoms with van der Waals surface area (Å²) >= 11 is 0. The highest BCUT2D eigenvalue weighted by atomic mass is 31.2. The van der Waals surface area contributed by atoms with Gasteiger partial charge < -0.3 is 19.3 Å². The van der Waals surface area contributed by atoms with Crippen LogP contribution in [0.5, 0.6) is 0 Å². The Labute approximate surface area is 146 Å². The molecule has 3 heterocycles. The maximum atomic E-state index is 12.0. The van der Waals surface area contributed by atoms with E-state index in [1.54, 1.807) is 6.92 Å². The van der Waals surface area contributed by atoms with Crippen LogP contribution < -0.4 is 16.7 Å². The number of aromatic amines is 1. The van der Waals surface area contributed by atoms with Gasteiger partial charge in [0.25, 0.3) is 5.56 Å². The molecule has 142 valence electrons. The van der Waals surface area contributed by atoms with Crippen molar-refractivity contribution < 1.29 is 23.8 Å². The first kappa shape index (κ1) is 18.7. The minimum Gasteiger partial charge on any atom is -0.379 e. The summed E-state index contributed by atoms with van der Waals surface area (Å²) in [6.45, 7) is 1.70. The Morgan fingerprint density at radius 1 is 1.42 bits per heavy atom. The van der Waals surface area contributed by atoms with Crippen molar-refractivity contribution in [3.8, 4) is 0 Å². The highest BCUT2D eigenvalue weighted by Crippen LogP contribution is 2.32. The number of rotatable bonds is 5. The smallest absolute Gasteiger partial charge is 0.377 e. The third-order valence-corrected chi connectivity index (χ3v) is 4.93. The second-order valence-electron chi connectivity index (χ2n) is 5.96. The molecule has 0 saturated carbocycles. The molecule has 12 nitrogen and oxygen atoms in total. The van der Waals surface area contributed by atoms with Crippen molar-refractivity contribution >= 4 is 13.0 Å². The average Bonchev–Trinajstić information content (AvgIpc) is 3.18. The zero-order chi connectivity index (χ0) is 19.1. The van der Waals surface area contributed by atoms with Crippen molar-refractivity contribution in [2.75, 3.05) is 7.11 Å². The Kier molecular flexibility index (Phi) is 4.95. The van der Waals surface area contributed by atoms with E-state index in [9.17, 15) is 14.2 Å². The predicted molar refractivity (Wildman–Crippen MR) is 87.1 cm³/mol. The Morgan fingerprint density at radius 3 is 2.77 bits per heavy atom. The minimum absolute atomic E-state index is 0.124. The molecule has 0 aromatic carbocycles. The lowest BCUT2D eigenvalue weighted by atomic mass is 10.1. The molecule has 1 saturated heterocycles. The summed E-state index contributed by atoms with van der Waals surface area (Å²) in [4.78, 5) is 43.9. The SMILES string of the molecule is CO[C@@H]1C[C@H](n2cc(C)c(=O)[nH]c2=O)O[C@@H]1Cn1cc(P(=O)(O)O)nn1. The van der Waals surface area contributed by atoms with Crippen molar-refractivity contribution in [1.82, 2.24) is 24.5 Å². The summed E-state index contributed by atoms with van der Waals surface area (Å²) in [5.74, 6) is 0. The maximum absolute atomic E-state index is 12.0. The largest absolute Gasteiger partial charge is 0.379 e. The highest BCUT2D eigenvalue weighted by molar-refractivity contribution is 7.59. The fraction of sp³-hybridized carbons (Fsp3) is 0.538. The van der Waals surface area contributed by atoms with Crippen molar-refractivity contribution in [3.63, 3.8) is 0 Å². The van der Waals surface area contributed by atoms with Gasteiger partial charge in [-0.1, -0.05) is 5.21 Å². The summed E-state index contributed by atoms with van der Waals surface area (Å²) in [5.41, 5.74) is -1.12. The predicted octanol–water partition coefficient (Wildman–Crippen LogP) is -1.76. The van der Waals surface area contributed by atoms with Crippen LogP contribution in [0.4, 0.5) is 0 Å². The number of hydrogen-bond acceptors (Lipinski definition) is 7. The highest BCUT2D eigenvalue weighted by Gasteiger charge is 2.37. The topological polar surface area (TPSA) is 162 Å². The van der Waals surface area contributed by atoms with Crippen LogP contribution in [-0.2, 0) is 20.6 Å². The number of nitrogens with zero attached hydrogens (tertiary/aromatic N) is 4. The first-order valence-corrected chi connectivity index (χ1v) is 9.27. The van der Waals surface area contributed by atoms with Gasteiger partial charge in [-0.3, -0.25) is 18.9 Å². The van der Waals surface area contributed by atoms with Crippen molar-refractivity contribution in [3.05, 3.63) is 38.8 Å². The Balaban J connectivity index is 1.80. The van der Waals surface area contributed by atoms with Crippen molar-refractivity contribution in [2.24, 2.45) is 0 Å². The molecule has 0 unspecified atom stereocenters. The molecule has 1 fully saturated rings. The normalized spacial score (nSPS) is 23.5. The molecule has 2 aromatic rings. The number of ether oxygens (including phenoxy) is 2. The molecule has 26 heavy (non-hydrogen) atoms. The number of nitrogens with one attached hydrogen (secondary N) is 1. The Bertz CT molecular complexity index is 960. The van der Waals surface area contributed by atoms with Crippen molar-refractivity contribution in [1.29, 1.82) is 0 Å². The first-order chi connectivity index (χ1) is 12.2. The number of aromatic nitrogens is 5. The van der Waals surface area contributed by atoms with Gasteiger partial charge in [0.1, 0.15) is 12.3 Å². The minimum atomic E-state index is -4.49. The summed E-state index contributed by atoms with van der Waals surface area (Å²) in [5, 5.41) is 7.13. The van der Waals surface area contributed by atoms with Crippen LogP contribution in [0.3, 0.4) is 0 Å². The van der Waals surface area contributed by atoms with Crippen molar-refractivity contribution in [2.45, 2.75) is 38.3 Å². The molecular formula is C13H18N5O7P. The summed E-state index contributed by atoms with van der Waals surface area (Å²) in [7, 11) is -2.99. The fourth-order valence-electron chi connectivity index (χ4n) is 2.78. The van der Waals surface area contributed by atoms with Crippen LogP contribution in [-0.4, -0.2) is 53.6 Å². The number of methoxy groups -OCH3 is 1. The van der Waals surface area contributed by atoms with Crippen LogP contribution in [0.25, 0.3) is 0 Å². The Morgan fingerprint density at radius 2 is 2.15 bits per heavy atom. The second kappa shape index (κ2) is 6.89. The molecule has 13 heteroatoms. The fourth-order valence-corrected chi connectivity index (χ4v) is 3.22.